The summed E-state index contributed by atoms with van der Waals surface area (Å²) in [6.07, 6.45) is 0.934. The van der Waals surface area contributed by atoms with Gasteiger partial charge in [0.2, 0.25) is 10.0 Å². The maximum atomic E-state index is 13.3. The van der Waals surface area contributed by atoms with Crippen molar-refractivity contribution in [1.29, 1.82) is 0 Å². The lowest BCUT2D eigenvalue weighted by Gasteiger charge is -2.34. The van der Waals surface area contributed by atoms with Gasteiger partial charge in [-0.2, -0.15) is 4.31 Å². The van der Waals surface area contributed by atoms with Crippen molar-refractivity contribution >= 4 is 38.3 Å². The summed E-state index contributed by atoms with van der Waals surface area (Å²) >= 11 is 6.05. The summed E-state index contributed by atoms with van der Waals surface area (Å²) in [6, 6.07) is 19.3. The van der Waals surface area contributed by atoms with Crippen LogP contribution >= 0.6 is 11.6 Å². The number of carbonyl (C=O) groups is 1. The van der Waals surface area contributed by atoms with Gasteiger partial charge >= 0.3 is 0 Å². The highest BCUT2D eigenvalue weighted by Gasteiger charge is 2.30. The van der Waals surface area contributed by atoms with Gasteiger partial charge in [-0.1, -0.05) is 35.9 Å². The lowest BCUT2D eigenvalue weighted by Crippen LogP contribution is -2.50. The molecule has 0 atom stereocenters. The van der Waals surface area contributed by atoms with E-state index in [-0.39, 0.29) is 23.9 Å². The van der Waals surface area contributed by atoms with Gasteiger partial charge in [-0.3, -0.25) is 9.69 Å². The summed E-state index contributed by atoms with van der Waals surface area (Å²) in [6.45, 7) is 11.1. The molecule has 0 saturated carbocycles. The summed E-state index contributed by atoms with van der Waals surface area (Å²) in [5, 5.41) is 2.33. The summed E-state index contributed by atoms with van der Waals surface area (Å²) in [5.41, 5.74) is 1.84. The zero-order chi connectivity index (χ0) is 26.7. The van der Waals surface area contributed by atoms with E-state index in [9.17, 15) is 13.2 Å². The smallest absolute Gasteiger partial charge is 0.253 e. The normalized spacial score (nSPS) is 15.3. The maximum absolute atomic E-state index is 13.3. The number of hydrogen-bond acceptors (Lipinski definition) is 4. The van der Waals surface area contributed by atoms with Crippen molar-refractivity contribution in [2.75, 3.05) is 32.7 Å². The lowest BCUT2D eigenvalue weighted by atomic mass is 10.1. The van der Waals surface area contributed by atoms with Gasteiger partial charge in [-0.05, 0) is 86.8 Å². The Balaban J connectivity index is 1.36. The van der Waals surface area contributed by atoms with Gasteiger partial charge < -0.3 is 4.90 Å². The summed E-state index contributed by atoms with van der Waals surface area (Å²) in [5.74, 6) is -0.0582. The van der Waals surface area contributed by atoms with Crippen LogP contribution < -0.4 is 0 Å². The number of piperazine rings is 1. The fraction of sp³-hybridized carbons (Fsp3) is 0.414. The molecule has 4 rings (SSSR count). The Bertz CT molecular complexity index is 1340. The SMILES string of the molecule is CC(C)N(CCc1ccc(C(=O)N2CCN(S(=O)(=O)c3ccc4cc(Cl)ccc4c3)CC2)cc1)C(C)C. The number of benzene rings is 3. The number of sulfonamides is 1. The van der Waals surface area contributed by atoms with Gasteiger partial charge in [0.15, 0.2) is 0 Å². The Hall–Kier alpha value is -2.45. The Morgan fingerprint density at radius 1 is 0.865 bits per heavy atom. The minimum Gasteiger partial charge on any atom is -0.336 e. The van der Waals surface area contributed by atoms with E-state index in [4.69, 9.17) is 11.6 Å². The van der Waals surface area contributed by atoms with E-state index in [0.29, 0.717) is 35.8 Å². The molecule has 1 aliphatic heterocycles. The quantitative estimate of drug-likeness (QED) is 0.388. The second-order valence-corrected chi connectivity index (χ2v) is 12.6. The van der Waals surface area contributed by atoms with Gasteiger partial charge in [0, 0.05) is 55.4 Å². The van der Waals surface area contributed by atoms with Crippen molar-refractivity contribution in [3.05, 3.63) is 76.8 Å². The van der Waals surface area contributed by atoms with E-state index in [0.717, 1.165) is 23.7 Å². The van der Waals surface area contributed by atoms with Crippen LogP contribution in [0.15, 0.2) is 65.6 Å². The fourth-order valence-electron chi connectivity index (χ4n) is 5.00. The standard InChI is InChI=1S/C29H36ClN3O3S/c1-21(2)33(22(3)4)14-13-23-5-7-24(8-6-23)29(34)31-15-17-32(18-16-31)37(35,36)28-12-10-25-19-27(30)11-9-26(25)20-28/h5-12,19-22H,13-18H2,1-4H3. The Kier molecular flexibility index (Phi) is 8.59. The molecule has 6 nitrogen and oxygen atoms in total. The molecule has 1 saturated heterocycles. The molecular weight excluding hydrogens is 506 g/mol. The minimum atomic E-state index is -3.65. The lowest BCUT2D eigenvalue weighted by molar-refractivity contribution is 0.0698. The molecule has 0 radical (unpaired) electrons. The highest BCUT2D eigenvalue weighted by atomic mass is 35.5. The topological polar surface area (TPSA) is 60.9 Å². The number of nitrogens with zero attached hydrogens (tertiary/aromatic N) is 3. The molecule has 0 unspecified atom stereocenters. The number of fused-ring (bicyclic) bond motifs is 1. The third kappa shape index (κ3) is 6.34. The molecule has 0 spiro atoms. The molecule has 1 fully saturated rings. The molecule has 0 aromatic heterocycles. The van der Waals surface area contributed by atoms with Crippen LogP contribution in [0.2, 0.25) is 5.02 Å². The third-order valence-corrected chi connectivity index (χ3v) is 9.25. The van der Waals surface area contributed by atoms with Gasteiger partial charge in [0.1, 0.15) is 0 Å². The van der Waals surface area contributed by atoms with Crippen LogP contribution in [0.1, 0.15) is 43.6 Å². The third-order valence-electron chi connectivity index (χ3n) is 7.12. The molecule has 0 aliphatic carbocycles. The summed E-state index contributed by atoms with van der Waals surface area (Å²) in [4.78, 5) is 17.5. The van der Waals surface area contributed by atoms with Crippen LogP contribution in [-0.4, -0.2) is 73.2 Å². The van der Waals surface area contributed by atoms with Crippen molar-refractivity contribution in [3.63, 3.8) is 0 Å². The van der Waals surface area contributed by atoms with Crippen molar-refractivity contribution < 1.29 is 13.2 Å². The molecule has 0 N–H and O–H groups in total. The Morgan fingerprint density at radius 2 is 1.46 bits per heavy atom. The molecule has 1 aliphatic rings. The van der Waals surface area contributed by atoms with E-state index < -0.39 is 10.0 Å². The minimum absolute atomic E-state index is 0.0582. The van der Waals surface area contributed by atoms with Crippen molar-refractivity contribution in [2.24, 2.45) is 0 Å². The van der Waals surface area contributed by atoms with Gasteiger partial charge in [-0.25, -0.2) is 8.42 Å². The number of rotatable bonds is 8. The van der Waals surface area contributed by atoms with Gasteiger partial charge in [0.25, 0.3) is 5.91 Å². The van der Waals surface area contributed by atoms with Crippen molar-refractivity contribution in [1.82, 2.24) is 14.1 Å². The largest absolute Gasteiger partial charge is 0.336 e. The number of hydrogen-bond donors (Lipinski definition) is 0. The van der Waals surface area contributed by atoms with Crippen LogP contribution in [0.25, 0.3) is 10.8 Å². The molecule has 198 valence electrons. The first-order valence-corrected chi connectivity index (χ1v) is 14.7. The van der Waals surface area contributed by atoms with Crippen molar-refractivity contribution in [2.45, 2.75) is 51.1 Å². The maximum Gasteiger partial charge on any atom is 0.253 e. The number of amides is 1. The number of halogens is 1. The fourth-order valence-corrected chi connectivity index (χ4v) is 6.64. The van der Waals surface area contributed by atoms with Crippen LogP contribution in [0.4, 0.5) is 0 Å². The van der Waals surface area contributed by atoms with E-state index in [1.165, 1.54) is 9.87 Å². The van der Waals surface area contributed by atoms with Crippen LogP contribution in [0.3, 0.4) is 0 Å². The molecule has 0 bridgehead atoms. The molecule has 1 heterocycles. The molecule has 1 amide bonds. The van der Waals surface area contributed by atoms with Crippen LogP contribution in [-0.2, 0) is 16.4 Å². The zero-order valence-corrected chi connectivity index (χ0v) is 23.6. The molecule has 8 heteroatoms. The van der Waals surface area contributed by atoms with E-state index in [2.05, 4.69) is 32.6 Å². The summed E-state index contributed by atoms with van der Waals surface area (Å²) in [7, 11) is -3.65. The number of carbonyl (C=O) groups excluding carboxylic acids is 1. The highest BCUT2D eigenvalue weighted by molar-refractivity contribution is 7.89. The van der Waals surface area contributed by atoms with Crippen LogP contribution in [0, 0.1) is 0 Å². The Morgan fingerprint density at radius 3 is 2.08 bits per heavy atom. The Labute approximate surface area is 225 Å². The van der Waals surface area contributed by atoms with E-state index in [1.807, 2.05) is 36.4 Å². The van der Waals surface area contributed by atoms with Crippen LogP contribution in [0.5, 0.6) is 0 Å². The molecule has 37 heavy (non-hydrogen) atoms. The monoisotopic (exact) mass is 541 g/mol. The van der Waals surface area contributed by atoms with E-state index >= 15 is 0 Å². The molecule has 3 aromatic carbocycles. The second kappa shape index (κ2) is 11.5. The summed E-state index contributed by atoms with van der Waals surface area (Å²) < 4.78 is 28.0. The average Bonchev–Trinajstić information content (AvgIpc) is 2.88. The van der Waals surface area contributed by atoms with E-state index in [1.54, 1.807) is 29.2 Å². The van der Waals surface area contributed by atoms with Crippen molar-refractivity contribution in [3.8, 4) is 0 Å². The molecule has 3 aromatic rings. The molecular formula is C29H36ClN3O3S. The van der Waals surface area contributed by atoms with Gasteiger partial charge in [-0.15, -0.1) is 0 Å². The van der Waals surface area contributed by atoms with Gasteiger partial charge in [0.05, 0.1) is 4.90 Å². The zero-order valence-electron chi connectivity index (χ0n) is 22.0. The highest BCUT2D eigenvalue weighted by Crippen LogP contribution is 2.25. The predicted octanol–water partition coefficient (Wildman–Crippen LogP) is 5.30. The second-order valence-electron chi connectivity index (χ2n) is 10.2. The first-order chi connectivity index (χ1) is 17.6. The first kappa shape index (κ1) is 27.6. The first-order valence-electron chi connectivity index (χ1n) is 12.9. The average molecular weight is 542 g/mol. The predicted molar refractivity (Wildman–Crippen MR) is 151 cm³/mol.